The molecule has 3 rings (SSSR count). The van der Waals surface area contributed by atoms with E-state index < -0.39 is 21.9 Å². The Morgan fingerprint density at radius 2 is 1.66 bits per heavy atom. The highest BCUT2D eigenvalue weighted by molar-refractivity contribution is 7.92. The van der Waals surface area contributed by atoms with E-state index in [0.29, 0.717) is 22.4 Å². The number of halogens is 2. The van der Waals surface area contributed by atoms with Gasteiger partial charge in [0, 0.05) is 22.6 Å². The zero-order chi connectivity index (χ0) is 21.4. The van der Waals surface area contributed by atoms with Crippen LogP contribution >= 0.6 is 0 Å². The highest BCUT2D eigenvalue weighted by atomic mass is 32.2. The van der Waals surface area contributed by atoms with Crippen molar-refractivity contribution in [2.75, 3.05) is 4.72 Å². The van der Waals surface area contributed by atoms with Gasteiger partial charge in [-0.05, 0) is 25.5 Å². The van der Waals surface area contributed by atoms with Crippen molar-refractivity contribution in [2.24, 2.45) is 5.92 Å². The molecule has 154 valence electrons. The number of aryl methyl sites for hydroxylation is 1. The van der Waals surface area contributed by atoms with Crippen molar-refractivity contribution in [2.45, 2.75) is 38.5 Å². The van der Waals surface area contributed by atoms with Gasteiger partial charge in [-0.1, -0.05) is 61.5 Å². The second-order valence-electron chi connectivity index (χ2n) is 7.18. The molecule has 0 saturated carbocycles. The number of sulfonamides is 1. The molecule has 0 unspecified atom stereocenters. The first-order valence-electron chi connectivity index (χ1n) is 9.07. The van der Waals surface area contributed by atoms with Gasteiger partial charge in [0.15, 0.2) is 0 Å². The van der Waals surface area contributed by atoms with Gasteiger partial charge in [-0.25, -0.2) is 21.9 Å². The zero-order valence-electron chi connectivity index (χ0n) is 16.5. The average Bonchev–Trinajstić information content (AvgIpc) is 2.99. The summed E-state index contributed by atoms with van der Waals surface area (Å²) < 4.78 is 61.8. The lowest BCUT2D eigenvalue weighted by Crippen LogP contribution is -2.20. The van der Waals surface area contributed by atoms with Crippen molar-refractivity contribution in [3.05, 3.63) is 65.4 Å². The van der Waals surface area contributed by atoms with E-state index in [4.69, 9.17) is 4.52 Å². The number of nitrogens with one attached hydrogen (secondary N) is 1. The molecule has 0 aliphatic rings. The minimum Gasteiger partial charge on any atom is -0.337 e. The van der Waals surface area contributed by atoms with Crippen molar-refractivity contribution in [3.63, 3.8) is 0 Å². The first-order chi connectivity index (χ1) is 13.5. The van der Waals surface area contributed by atoms with Crippen LogP contribution in [0.15, 0.2) is 57.9 Å². The number of hydrogen-bond donors (Lipinski definition) is 1. The molecule has 3 aromatic rings. The van der Waals surface area contributed by atoms with E-state index in [1.54, 1.807) is 32.0 Å². The van der Waals surface area contributed by atoms with E-state index in [9.17, 15) is 17.2 Å². The van der Waals surface area contributed by atoms with Crippen molar-refractivity contribution in [1.82, 2.24) is 5.16 Å². The van der Waals surface area contributed by atoms with Crippen LogP contribution in [-0.4, -0.2) is 13.6 Å². The largest absolute Gasteiger partial charge is 0.337 e. The standard InChI is InChI=1S/C21H22F2N2O3S/c1-13(2)21(22,23)17-11-9-16(10-12-17)18-7-5-6-8-19(18)29(26,27)25-20-14(3)15(4)24-28-20/h5-13,25H,1-4H3. The lowest BCUT2D eigenvalue weighted by Gasteiger charge is -2.21. The van der Waals surface area contributed by atoms with E-state index in [1.807, 2.05) is 0 Å². The Bertz CT molecular complexity index is 1120. The molecule has 1 aromatic heterocycles. The van der Waals surface area contributed by atoms with Gasteiger partial charge in [-0.15, -0.1) is 0 Å². The maximum atomic E-state index is 14.2. The van der Waals surface area contributed by atoms with Crippen molar-refractivity contribution < 1.29 is 21.7 Å². The normalized spacial score (nSPS) is 12.4. The highest BCUT2D eigenvalue weighted by Gasteiger charge is 2.35. The minimum atomic E-state index is -3.99. The number of alkyl halides is 2. The molecule has 0 spiro atoms. The van der Waals surface area contributed by atoms with Gasteiger partial charge in [-0.2, -0.15) is 0 Å². The number of aromatic nitrogens is 1. The molecular formula is C21H22F2N2O3S. The van der Waals surface area contributed by atoms with Crippen molar-refractivity contribution in [3.8, 4) is 11.1 Å². The molecule has 0 bridgehead atoms. The Morgan fingerprint density at radius 3 is 2.21 bits per heavy atom. The second kappa shape index (κ2) is 7.59. The van der Waals surface area contributed by atoms with Gasteiger partial charge in [0.25, 0.3) is 15.9 Å². The molecule has 0 amide bonds. The topological polar surface area (TPSA) is 72.2 Å². The SMILES string of the molecule is Cc1noc(NS(=O)(=O)c2ccccc2-c2ccc(C(F)(F)C(C)C)cc2)c1C. The van der Waals surface area contributed by atoms with Gasteiger partial charge >= 0.3 is 0 Å². The third-order valence-electron chi connectivity index (χ3n) is 4.87. The summed E-state index contributed by atoms with van der Waals surface area (Å²) in [7, 11) is -3.99. The van der Waals surface area contributed by atoms with Crippen LogP contribution in [0.2, 0.25) is 0 Å². The second-order valence-corrected chi connectivity index (χ2v) is 8.83. The van der Waals surface area contributed by atoms with Crippen LogP contribution < -0.4 is 4.72 Å². The van der Waals surface area contributed by atoms with Gasteiger partial charge in [0.2, 0.25) is 5.88 Å². The summed E-state index contributed by atoms with van der Waals surface area (Å²) in [6.45, 7) is 6.31. The minimum absolute atomic E-state index is 0.0109. The van der Waals surface area contributed by atoms with Crippen molar-refractivity contribution in [1.29, 1.82) is 0 Å². The van der Waals surface area contributed by atoms with E-state index in [0.717, 1.165) is 0 Å². The Hall–Kier alpha value is -2.74. The molecule has 0 aliphatic heterocycles. The zero-order valence-corrected chi connectivity index (χ0v) is 17.3. The summed E-state index contributed by atoms with van der Waals surface area (Å²) in [5.74, 6) is -3.77. The summed E-state index contributed by atoms with van der Waals surface area (Å²) in [6, 6.07) is 12.0. The number of anilines is 1. The van der Waals surface area contributed by atoms with Crippen LogP contribution in [0.3, 0.4) is 0 Å². The van der Waals surface area contributed by atoms with Gasteiger partial charge < -0.3 is 4.52 Å². The maximum absolute atomic E-state index is 14.2. The first kappa shape index (κ1) is 21.0. The van der Waals surface area contributed by atoms with E-state index in [-0.39, 0.29) is 16.3 Å². The summed E-state index contributed by atoms with van der Waals surface area (Å²) in [4.78, 5) is 0.0109. The van der Waals surface area contributed by atoms with Crippen LogP contribution in [0, 0.1) is 19.8 Å². The fourth-order valence-electron chi connectivity index (χ4n) is 2.83. The van der Waals surface area contributed by atoms with Crippen LogP contribution in [0.25, 0.3) is 11.1 Å². The van der Waals surface area contributed by atoms with E-state index in [2.05, 4.69) is 9.88 Å². The molecule has 0 atom stereocenters. The lowest BCUT2D eigenvalue weighted by atomic mass is 9.95. The van der Waals surface area contributed by atoms with Gasteiger partial charge in [0.05, 0.1) is 10.6 Å². The lowest BCUT2D eigenvalue weighted by molar-refractivity contribution is -0.0513. The molecular weight excluding hydrogens is 398 g/mol. The molecule has 0 saturated heterocycles. The Morgan fingerprint density at radius 1 is 1.03 bits per heavy atom. The van der Waals surface area contributed by atoms with Crippen LogP contribution in [0.4, 0.5) is 14.7 Å². The first-order valence-corrected chi connectivity index (χ1v) is 10.6. The smallest absolute Gasteiger partial charge is 0.275 e. The molecule has 0 aliphatic carbocycles. The van der Waals surface area contributed by atoms with E-state index >= 15 is 0 Å². The molecule has 2 aromatic carbocycles. The highest BCUT2D eigenvalue weighted by Crippen LogP contribution is 2.37. The van der Waals surface area contributed by atoms with Crippen LogP contribution in [0.5, 0.6) is 0 Å². The molecule has 5 nitrogen and oxygen atoms in total. The summed E-state index contributed by atoms with van der Waals surface area (Å²) in [5, 5.41) is 3.75. The predicted octanol–water partition coefficient (Wildman–Crippen LogP) is 5.51. The molecule has 1 N–H and O–H groups in total. The van der Waals surface area contributed by atoms with Crippen LogP contribution in [0.1, 0.15) is 30.7 Å². The Kier molecular flexibility index (Phi) is 5.49. The molecule has 0 fully saturated rings. The summed E-state index contributed by atoms with van der Waals surface area (Å²) >= 11 is 0. The number of nitrogens with zero attached hydrogens (tertiary/aromatic N) is 1. The number of rotatable bonds is 6. The van der Waals surface area contributed by atoms with Gasteiger partial charge in [-0.3, -0.25) is 0 Å². The summed E-state index contributed by atoms with van der Waals surface area (Å²) in [6.07, 6.45) is 0. The third-order valence-corrected chi connectivity index (χ3v) is 6.26. The molecule has 0 radical (unpaired) electrons. The Labute approximate surface area is 168 Å². The number of benzene rings is 2. The van der Waals surface area contributed by atoms with Crippen molar-refractivity contribution >= 4 is 15.9 Å². The Balaban J connectivity index is 2.00. The monoisotopic (exact) mass is 420 g/mol. The maximum Gasteiger partial charge on any atom is 0.275 e. The summed E-state index contributed by atoms with van der Waals surface area (Å²) in [5.41, 5.74) is 1.97. The molecule has 29 heavy (non-hydrogen) atoms. The van der Waals surface area contributed by atoms with E-state index in [1.165, 1.54) is 44.2 Å². The van der Waals surface area contributed by atoms with Gasteiger partial charge in [0.1, 0.15) is 0 Å². The predicted molar refractivity (Wildman–Crippen MR) is 107 cm³/mol. The van der Waals surface area contributed by atoms with Crippen LogP contribution in [-0.2, 0) is 15.9 Å². The number of hydrogen-bond acceptors (Lipinski definition) is 4. The average molecular weight is 420 g/mol. The third kappa shape index (κ3) is 4.03. The molecule has 1 heterocycles. The fraction of sp³-hybridized carbons (Fsp3) is 0.286. The molecule has 8 heteroatoms. The fourth-order valence-corrected chi connectivity index (χ4v) is 4.11. The quantitative estimate of drug-likeness (QED) is 0.571.